The van der Waals surface area contributed by atoms with E-state index in [4.69, 9.17) is 0 Å². The molecule has 1 heterocycles. The van der Waals surface area contributed by atoms with Gasteiger partial charge < -0.3 is 5.32 Å². The molecular weight excluding hydrogens is 286 g/mol. The van der Waals surface area contributed by atoms with Crippen LogP contribution in [0.1, 0.15) is 44.9 Å². The van der Waals surface area contributed by atoms with E-state index in [9.17, 15) is 4.79 Å². The lowest BCUT2D eigenvalue weighted by Crippen LogP contribution is -2.14. The van der Waals surface area contributed by atoms with Crippen LogP contribution in [0.3, 0.4) is 0 Å². The number of nitrogens with one attached hydrogen (secondary N) is 1. The van der Waals surface area contributed by atoms with Crippen molar-refractivity contribution in [1.82, 2.24) is 9.97 Å². The van der Waals surface area contributed by atoms with Crippen molar-refractivity contribution < 1.29 is 4.79 Å². The molecule has 0 atom stereocenters. The molecular formula is C19H23N3O. The van der Waals surface area contributed by atoms with Crippen LogP contribution >= 0.6 is 0 Å². The van der Waals surface area contributed by atoms with Crippen LogP contribution in [-0.4, -0.2) is 15.9 Å². The summed E-state index contributed by atoms with van der Waals surface area (Å²) in [4.78, 5) is 20.8. The fourth-order valence-corrected chi connectivity index (χ4v) is 3.28. The van der Waals surface area contributed by atoms with Gasteiger partial charge in [0, 0.05) is 24.4 Å². The largest absolute Gasteiger partial charge is 0.309 e. The molecule has 1 aliphatic carbocycles. The van der Waals surface area contributed by atoms with Gasteiger partial charge in [0.1, 0.15) is 5.69 Å². The molecule has 0 unspecified atom stereocenters. The maximum absolute atomic E-state index is 12.2. The van der Waals surface area contributed by atoms with Crippen molar-refractivity contribution in [2.24, 2.45) is 5.92 Å². The van der Waals surface area contributed by atoms with Crippen LogP contribution in [0.25, 0.3) is 11.3 Å². The lowest BCUT2D eigenvalue weighted by Gasteiger charge is -2.10. The van der Waals surface area contributed by atoms with Gasteiger partial charge in [-0.05, 0) is 18.8 Å². The average Bonchev–Trinajstić information content (AvgIpc) is 3.09. The van der Waals surface area contributed by atoms with Gasteiger partial charge in [0.25, 0.3) is 0 Å². The predicted octanol–water partition coefficient (Wildman–Crippen LogP) is 4.44. The van der Waals surface area contributed by atoms with Crippen LogP contribution in [0.15, 0.2) is 42.7 Å². The second kappa shape index (κ2) is 7.86. The highest BCUT2D eigenvalue weighted by Gasteiger charge is 2.16. The zero-order valence-electron chi connectivity index (χ0n) is 13.4. The third-order valence-electron chi connectivity index (χ3n) is 4.49. The van der Waals surface area contributed by atoms with Crippen LogP contribution < -0.4 is 5.32 Å². The van der Waals surface area contributed by atoms with Crippen molar-refractivity contribution in [3.63, 3.8) is 0 Å². The number of rotatable bonds is 6. The van der Waals surface area contributed by atoms with E-state index in [0.717, 1.165) is 23.6 Å². The van der Waals surface area contributed by atoms with E-state index < -0.39 is 0 Å². The molecule has 1 saturated carbocycles. The van der Waals surface area contributed by atoms with Crippen molar-refractivity contribution in [2.75, 3.05) is 5.32 Å². The zero-order valence-corrected chi connectivity index (χ0v) is 13.4. The molecule has 0 aliphatic heterocycles. The third kappa shape index (κ3) is 4.38. The smallest absolute Gasteiger partial charge is 0.225 e. The van der Waals surface area contributed by atoms with Gasteiger partial charge >= 0.3 is 0 Å². The topological polar surface area (TPSA) is 54.9 Å². The molecule has 1 aromatic heterocycles. The molecule has 0 spiro atoms. The monoisotopic (exact) mass is 309 g/mol. The van der Waals surface area contributed by atoms with Crippen LogP contribution in [0.5, 0.6) is 0 Å². The summed E-state index contributed by atoms with van der Waals surface area (Å²) in [5.41, 5.74) is 1.68. The summed E-state index contributed by atoms with van der Waals surface area (Å²) in [6, 6.07) is 9.81. The van der Waals surface area contributed by atoms with Gasteiger partial charge in [0.05, 0.1) is 0 Å². The number of nitrogens with zero attached hydrogens (tertiary/aromatic N) is 2. The summed E-state index contributed by atoms with van der Waals surface area (Å²) in [5.74, 6) is 1.41. The standard InChI is InChI=1S/C19H23N3O/c23-17(12-6-9-15-7-4-5-8-15)22-19-18(20-13-14-21-19)16-10-2-1-3-11-16/h1-3,10-11,13-15H,4-9,12H2,(H,21,22,23). The number of hydrogen-bond acceptors (Lipinski definition) is 3. The lowest BCUT2D eigenvalue weighted by molar-refractivity contribution is -0.116. The SMILES string of the molecule is O=C(CCCC1CCCC1)Nc1nccnc1-c1ccccc1. The van der Waals surface area contributed by atoms with E-state index in [1.807, 2.05) is 30.3 Å². The van der Waals surface area contributed by atoms with Gasteiger partial charge in [-0.2, -0.15) is 0 Å². The Morgan fingerprint density at radius 2 is 1.83 bits per heavy atom. The van der Waals surface area contributed by atoms with Gasteiger partial charge in [-0.3, -0.25) is 9.78 Å². The first-order valence-corrected chi connectivity index (χ1v) is 8.49. The fourth-order valence-electron chi connectivity index (χ4n) is 3.28. The molecule has 3 rings (SSSR count). The van der Waals surface area contributed by atoms with E-state index in [1.54, 1.807) is 12.4 Å². The molecule has 0 saturated heterocycles. The number of hydrogen-bond donors (Lipinski definition) is 1. The van der Waals surface area contributed by atoms with Crippen LogP contribution in [0.2, 0.25) is 0 Å². The highest BCUT2D eigenvalue weighted by atomic mass is 16.1. The predicted molar refractivity (Wildman–Crippen MR) is 91.9 cm³/mol. The van der Waals surface area contributed by atoms with Gasteiger partial charge in [-0.25, -0.2) is 4.98 Å². The van der Waals surface area contributed by atoms with Crippen molar-refractivity contribution in [3.8, 4) is 11.3 Å². The minimum Gasteiger partial charge on any atom is -0.309 e. The molecule has 23 heavy (non-hydrogen) atoms. The molecule has 2 aromatic rings. The maximum Gasteiger partial charge on any atom is 0.225 e. The first-order chi connectivity index (χ1) is 11.3. The first kappa shape index (κ1) is 15.7. The summed E-state index contributed by atoms with van der Waals surface area (Å²) in [6.07, 6.45) is 11.3. The quantitative estimate of drug-likeness (QED) is 0.858. The third-order valence-corrected chi connectivity index (χ3v) is 4.49. The molecule has 1 aliphatic rings. The minimum absolute atomic E-state index is 0.0284. The Morgan fingerprint density at radius 1 is 1.09 bits per heavy atom. The fraction of sp³-hybridized carbons (Fsp3) is 0.421. The first-order valence-electron chi connectivity index (χ1n) is 8.49. The number of carbonyl (C=O) groups is 1. The molecule has 0 radical (unpaired) electrons. The van der Waals surface area contributed by atoms with Crippen molar-refractivity contribution in [3.05, 3.63) is 42.7 Å². The Morgan fingerprint density at radius 3 is 2.61 bits per heavy atom. The number of anilines is 1. The van der Waals surface area contributed by atoms with Crippen LogP contribution in [0.4, 0.5) is 5.82 Å². The highest BCUT2D eigenvalue weighted by Crippen LogP contribution is 2.29. The van der Waals surface area contributed by atoms with Crippen molar-refractivity contribution in [2.45, 2.75) is 44.9 Å². The summed E-state index contributed by atoms with van der Waals surface area (Å²) in [5, 5.41) is 2.92. The molecule has 4 nitrogen and oxygen atoms in total. The van der Waals surface area contributed by atoms with Crippen molar-refractivity contribution in [1.29, 1.82) is 0 Å². The van der Waals surface area contributed by atoms with Crippen LogP contribution in [0, 0.1) is 5.92 Å². The van der Waals surface area contributed by atoms with E-state index in [1.165, 1.54) is 32.1 Å². The van der Waals surface area contributed by atoms with E-state index >= 15 is 0 Å². The molecule has 4 heteroatoms. The second-order valence-corrected chi connectivity index (χ2v) is 6.21. The Kier molecular flexibility index (Phi) is 5.35. The molecule has 1 fully saturated rings. The number of amides is 1. The highest BCUT2D eigenvalue weighted by molar-refractivity contribution is 5.93. The van der Waals surface area contributed by atoms with Gasteiger partial charge in [-0.1, -0.05) is 56.0 Å². The molecule has 1 N–H and O–H groups in total. The summed E-state index contributed by atoms with van der Waals surface area (Å²) in [7, 11) is 0. The Bertz CT molecular complexity index is 636. The number of aromatic nitrogens is 2. The van der Waals surface area contributed by atoms with Gasteiger partial charge in [0.2, 0.25) is 5.91 Å². The maximum atomic E-state index is 12.2. The normalized spacial score (nSPS) is 14.8. The lowest BCUT2D eigenvalue weighted by atomic mass is 10.0. The molecule has 0 bridgehead atoms. The summed E-state index contributed by atoms with van der Waals surface area (Å²) >= 11 is 0. The molecule has 120 valence electrons. The summed E-state index contributed by atoms with van der Waals surface area (Å²) < 4.78 is 0. The van der Waals surface area contributed by atoms with Crippen molar-refractivity contribution >= 4 is 11.7 Å². The van der Waals surface area contributed by atoms with Crippen LogP contribution in [-0.2, 0) is 4.79 Å². The Hall–Kier alpha value is -2.23. The number of carbonyl (C=O) groups excluding carboxylic acids is 1. The molecule has 1 amide bonds. The second-order valence-electron chi connectivity index (χ2n) is 6.21. The van der Waals surface area contributed by atoms with E-state index in [0.29, 0.717) is 12.2 Å². The zero-order chi connectivity index (χ0) is 15.9. The Labute approximate surface area is 137 Å². The average molecular weight is 309 g/mol. The van der Waals surface area contributed by atoms with E-state index in [-0.39, 0.29) is 5.91 Å². The Balaban J connectivity index is 1.58. The molecule has 1 aromatic carbocycles. The minimum atomic E-state index is 0.0284. The van der Waals surface area contributed by atoms with Gasteiger partial charge in [-0.15, -0.1) is 0 Å². The number of benzene rings is 1. The summed E-state index contributed by atoms with van der Waals surface area (Å²) in [6.45, 7) is 0. The van der Waals surface area contributed by atoms with Gasteiger partial charge in [0.15, 0.2) is 5.82 Å². The van der Waals surface area contributed by atoms with E-state index in [2.05, 4.69) is 15.3 Å².